The van der Waals surface area contributed by atoms with Crippen LogP contribution in [0.25, 0.3) is 44.9 Å². The largest absolute Gasteiger partial charge is 0.444 e. The van der Waals surface area contributed by atoms with Crippen molar-refractivity contribution in [3.63, 3.8) is 0 Å². The van der Waals surface area contributed by atoms with E-state index in [0.717, 1.165) is 39.6 Å². The first kappa shape index (κ1) is 20.9. The van der Waals surface area contributed by atoms with E-state index in [1.54, 1.807) is 6.20 Å². The minimum atomic E-state index is -0.910. The van der Waals surface area contributed by atoms with Gasteiger partial charge in [-0.05, 0) is 23.3 Å². The lowest BCUT2D eigenvalue weighted by atomic mass is 10.0. The van der Waals surface area contributed by atoms with Gasteiger partial charge in [-0.3, -0.25) is 0 Å². The number of nitrogens with one attached hydrogen (secondary N) is 1. The van der Waals surface area contributed by atoms with E-state index < -0.39 is 11.6 Å². The van der Waals surface area contributed by atoms with E-state index in [0.29, 0.717) is 17.9 Å². The van der Waals surface area contributed by atoms with Crippen LogP contribution in [-0.2, 0) is 6.54 Å². The molecule has 0 spiro atoms. The molecule has 0 aliphatic heterocycles. The molecule has 3 aromatic heterocycles. The second kappa shape index (κ2) is 8.61. The van der Waals surface area contributed by atoms with E-state index >= 15 is 0 Å². The first-order valence-electron chi connectivity index (χ1n) is 11.1. The van der Waals surface area contributed by atoms with Crippen LogP contribution in [0.1, 0.15) is 5.56 Å². The van der Waals surface area contributed by atoms with Crippen molar-refractivity contribution < 1.29 is 17.8 Å². The Hall–Kier alpha value is -4.65. The summed E-state index contributed by atoms with van der Waals surface area (Å²) < 4.78 is 35.2. The van der Waals surface area contributed by atoms with Crippen molar-refractivity contribution in [1.29, 1.82) is 0 Å². The number of pyridine rings is 1. The van der Waals surface area contributed by atoms with Gasteiger partial charge in [0.1, 0.15) is 16.9 Å². The highest BCUT2D eigenvalue weighted by molar-refractivity contribution is 5.77. The Labute approximate surface area is 199 Å². The first-order valence-corrected chi connectivity index (χ1v) is 11.1. The molecule has 3 heterocycles. The maximum Gasteiger partial charge on any atom is 0.195 e. The molecule has 6 aromatic rings. The number of fused-ring (bicyclic) bond motifs is 1. The molecule has 0 atom stereocenters. The minimum Gasteiger partial charge on any atom is -0.444 e. The fourth-order valence-corrected chi connectivity index (χ4v) is 4.11. The molecule has 0 aliphatic carbocycles. The van der Waals surface area contributed by atoms with Crippen molar-refractivity contribution in [3.8, 4) is 33.8 Å². The summed E-state index contributed by atoms with van der Waals surface area (Å²) in [4.78, 5) is 11.5. The number of imidazole rings is 1. The van der Waals surface area contributed by atoms with Crippen LogP contribution in [0.2, 0.25) is 0 Å². The standard InChI is InChI=1S/C28H18F2N4O/c29-23-3-1-2-22(27(23)30)28-32-24-12-13-34(16-25(24)33-28)15-18-4-6-19(7-5-18)20-8-10-21(11-9-20)26-14-31-17-35-26/h1-14,16-17H,15H2/p+1. The number of nitrogens with zero attached hydrogens (tertiary/aromatic N) is 3. The van der Waals surface area contributed by atoms with E-state index in [1.165, 1.54) is 18.5 Å². The zero-order chi connectivity index (χ0) is 23.8. The molecule has 170 valence electrons. The molecule has 3 aromatic carbocycles. The van der Waals surface area contributed by atoms with Gasteiger partial charge in [-0.1, -0.05) is 54.6 Å². The van der Waals surface area contributed by atoms with Gasteiger partial charge in [0.2, 0.25) is 0 Å². The van der Waals surface area contributed by atoms with E-state index in [4.69, 9.17) is 4.42 Å². The molecule has 6 rings (SSSR count). The second-order valence-corrected chi connectivity index (χ2v) is 8.24. The van der Waals surface area contributed by atoms with Gasteiger partial charge in [0, 0.05) is 17.2 Å². The number of H-pyrrole nitrogens is 1. The van der Waals surface area contributed by atoms with Gasteiger partial charge in [0.25, 0.3) is 0 Å². The molecule has 1 N–H and O–H groups in total. The van der Waals surface area contributed by atoms with E-state index in [-0.39, 0.29) is 5.56 Å². The molecular formula is C28H19F2N4O+. The van der Waals surface area contributed by atoms with E-state index in [9.17, 15) is 8.78 Å². The number of aromatic amines is 1. The van der Waals surface area contributed by atoms with Gasteiger partial charge >= 0.3 is 0 Å². The Kier molecular flexibility index (Phi) is 5.15. The van der Waals surface area contributed by atoms with Crippen molar-refractivity contribution in [2.75, 3.05) is 0 Å². The summed E-state index contributed by atoms with van der Waals surface area (Å²) in [6, 6.07) is 22.5. The van der Waals surface area contributed by atoms with E-state index in [1.807, 2.05) is 35.2 Å². The summed E-state index contributed by atoms with van der Waals surface area (Å²) in [7, 11) is 0. The predicted octanol–water partition coefficient (Wildman–Crippen LogP) is 6.17. The van der Waals surface area contributed by atoms with Crippen molar-refractivity contribution in [2.45, 2.75) is 6.54 Å². The van der Waals surface area contributed by atoms with Crippen LogP contribution in [0.5, 0.6) is 0 Å². The topological polar surface area (TPSA) is 58.6 Å². The summed E-state index contributed by atoms with van der Waals surface area (Å²) in [6.45, 7) is 0.656. The third kappa shape index (κ3) is 4.08. The van der Waals surface area contributed by atoms with Gasteiger partial charge in [-0.25, -0.2) is 18.7 Å². The van der Waals surface area contributed by atoms with Crippen LogP contribution in [0, 0.1) is 11.6 Å². The Morgan fingerprint density at radius 3 is 2.34 bits per heavy atom. The molecule has 0 fully saturated rings. The summed E-state index contributed by atoms with van der Waals surface area (Å²) in [5, 5.41) is 0. The zero-order valence-corrected chi connectivity index (χ0v) is 18.5. The summed E-state index contributed by atoms with van der Waals surface area (Å²) in [5.41, 5.74) is 5.89. The minimum absolute atomic E-state index is 0.109. The van der Waals surface area contributed by atoms with Crippen LogP contribution in [0.3, 0.4) is 0 Å². The lowest BCUT2D eigenvalue weighted by molar-refractivity contribution is -0.687. The maximum atomic E-state index is 14.2. The van der Waals surface area contributed by atoms with Crippen LogP contribution in [0.15, 0.2) is 102 Å². The van der Waals surface area contributed by atoms with Gasteiger partial charge < -0.3 is 9.40 Å². The summed E-state index contributed by atoms with van der Waals surface area (Å²) >= 11 is 0. The van der Waals surface area contributed by atoms with Crippen molar-refractivity contribution >= 4 is 11.0 Å². The van der Waals surface area contributed by atoms with Crippen LogP contribution < -0.4 is 4.57 Å². The molecule has 0 saturated carbocycles. The first-order chi connectivity index (χ1) is 17.1. The number of oxazole rings is 1. The SMILES string of the molecule is Fc1cccc(-c2nc3cc[n+](Cc4ccc(-c5ccc(-c6cnco6)cc5)cc4)cc3[nH]2)c1F. The number of rotatable bonds is 5. The third-order valence-corrected chi connectivity index (χ3v) is 5.94. The highest BCUT2D eigenvalue weighted by Gasteiger charge is 2.15. The van der Waals surface area contributed by atoms with Crippen molar-refractivity contribution in [3.05, 3.63) is 115 Å². The predicted molar refractivity (Wildman–Crippen MR) is 128 cm³/mol. The highest BCUT2D eigenvalue weighted by atomic mass is 19.2. The van der Waals surface area contributed by atoms with Gasteiger partial charge in [-0.2, -0.15) is 4.57 Å². The lowest BCUT2D eigenvalue weighted by Gasteiger charge is -2.04. The number of hydrogen-bond donors (Lipinski definition) is 1. The summed E-state index contributed by atoms with van der Waals surface area (Å²) in [6.07, 6.45) is 6.96. The molecule has 0 amide bonds. The fourth-order valence-electron chi connectivity index (χ4n) is 4.11. The van der Waals surface area contributed by atoms with Crippen LogP contribution in [0.4, 0.5) is 8.78 Å². The molecule has 5 nitrogen and oxygen atoms in total. The molecular weight excluding hydrogens is 446 g/mol. The molecule has 0 bridgehead atoms. The van der Waals surface area contributed by atoms with Crippen LogP contribution in [-0.4, -0.2) is 15.0 Å². The number of halogens is 2. The molecule has 0 saturated heterocycles. The quantitative estimate of drug-likeness (QED) is 0.310. The molecule has 35 heavy (non-hydrogen) atoms. The monoisotopic (exact) mass is 465 g/mol. The average Bonchev–Trinajstić information content (AvgIpc) is 3.57. The van der Waals surface area contributed by atoms with E-state index in [2.05, 4.69) is 51.4 Å². The Bertz CT molecular complexity index is 1620. The number of hydrogen-bond acceptors (Lipinski definition) is 3. The van der Waals surface area contributed by atoms with Crippen molar-refractivity contribution in [1.82, 2.24) is 15.0 Å². The lowest BCUT2D eigenvalue weighted by Crippen LogP contribution is -2.33. The normalized spacial score (nSPS) is 11.3. The average molecular weight is 465 g/mol. The van der Waals surface area contributed by atoms with Gasteiger partial charge in [-0.15, -0.1) is 0 Å². The second-order valence-electron chi connectivity index (χ2n) is 8.24. The molecule has 7 heteroatoms. The molecule has 0 unspecified atom stereocenters. The smallest absolute Gasteiger partial charge is 0.195 e. The van der Waals surface area contributed by atoms with Crippen LogP contribution >= 0.6 is 0 Å². The van der Waals surface area contributed by atoms with Gasteiger partial charge in [0.05, 0.1) is 11.8 Å². The third-order valence-electron chi connectivity index (χ3n) is 5.94. The Balaban J connectivity index is 1.21. The Morgan fingerprint density at radius 2 is 1.60 bits per heavy atom. The maximum absolute atomic E-state index is 14.2. The zero-order valence-electron chi connectivity index (χ0n) is 18.5. The molecule has 0 aliphatic rings. The number of aromatic nitrogens is 4. The highest BCUT2D eigenvalue weighted by Crippen LogP contribution is 2.26. The Morgan fingerprint density at radius 1 is 0.857 bits per heavy atom. The number of benzene rings is 3. The fraction of sp³-hybridized carbons (Fsp3) is 0.0357. The molecule has 0 radical (unpaired) electrons. The van der Waals surface area contributed by atoms with Crippen molar-refractivity contribution in [2.24, 2.45) is 0 Å². The summed E-state index contributed by atoms with van der Waals surface area (Å²) in [5.74, 6) is -0.765. The van der Waals surface area contributed by atoms with Gasteiger partial charge in [0.15, 0.2) is 42.7 Å².